The van der Waals surface area contributed by atoms with E-state index in [1.165, 1.54) is 6.20 Å². The molecule has 0 fully saturated rings. The Hall–Kier alpha value is -3.69. The Labute approximate surface area is 210 Å². The Balaban J connectivity index is 1.70. The Morgan fingerprint density at radius 2 is 2.00 bits per heavy atom. The third kappa shape index (κ3) is 9.60. The largest absolute Gasteiger partial charge is 0.462 e. The first-order chi connectivity index (χ1) is 17.0. The van der Waals surface area contributed by atoms with Crippen LogP contribution in [-0.2, 0) is 22.6 Å². The van der Waals surface area contributed by atoms with Gasteiger partial charge in [-0.05, 0) is 80.0 Å². The third-order valence-electron chi connectivity index (χ3n) is 4.51. The molecule has 182 valence electrons. The topological polar surface area (TPSA) is 106 Å². The van der Waals surface area contributed by atoms with Crippen LogP contribution >= 0.6 is 11.9 Å². The molecule has 0 saturated heterocycles. The van der Waals surface area contributed by atoms with E-state index in [2.05, 4.69) is 36.7 Å². The maximum absolute atomic E-state index is 11.8. The minimum atomic E-state index is -0.312. The molecule has 2 aromatic heterocycles. The molecular weight excluding hydrogens is 460 g/mol. The number of aromatic nitrogens is 2. The van der Waals surface area contributed by atoms with Crippen molar-refractivity contribution in [3.63, 3.8) is 0 Å². The van der Waals surface area contributed by atoms with Crippen LogP contribution in [-0.4, -0.2) is 39.1 Å². The molecule has 0 unspecified atom stereocenters. The molecule has 1 aromatic carbocycles. The first kappa shape index (κ1) is 25.9. The van der Waals surface area contributed by atoms with E-state index in [0.29, 0.717) is 18.9 Å². The quantitative estimate of drug-likeness (QED) is 0.213. The Morgan fingerprint density at radius 3 is 2.71 bits per heavy atom. The standard InChI is InChI=1S/C26H30N6O2S/c1-20(2)34-26(33)17-30-25-8-3-6-23(31-25)19-32(35-24-7-4-14-28-16-24)18-21-9-11-22(12-10-21)29-15-5-13-27/h3-16,20H,17-19,27H2,1-2H3,(H,30,31). The number of nitrogens with zero attached hydrogens (tertiary/aromatic N) is 4. The van der Waals surface area contributed by atoms with Crippen molar-refractivity contribution >= 4 is 35.6 Å². The number of anilines is 1. The summed E-state index contributed by atoms with van der Waals surface area (Å²) >= 11 is 1.61. The van der Waals surface area contributed by atoms with Gasteiger partial charge in [0.25, 0.3) is 0 Å². The molecule has 0 amide bonds. The molecule has 8 nitrogen and oxygen atoms in total. The van der Waals surface area contributed by atoms with Gasteiger partial charge >= 0.3 is 5.97 Å². The lowest BCUT2D eigenvalue weighted by molar-refractivity contribution is -0.145. The van der Waals surface area contributed by atoms with Crippen molar-refractivity contribution in [2.24, 2.45) is 10.7 Å². The fourth-order valence-electron chi connectivity index (χ4n) is 3.05. The first-order valence-corrected chi connectivity index (χ1v) is 12.0. The summed E-state index contributed by atoms with van der Waals surface area (Å²) in [5.41, 5.74) is 8.21. The van der Waals surface area contributed by atoms with Gasteiger partial charge in [0, 0.05) is 30.0 Å². The van der Waals surface area contributed by atoms with Gasteiger partial charge < -0.3 is 15.8 Å². The number of nitrogens with two attached hydrogens (primary N) is 1. The van der Waals surface area contributed by atoms with E-state index in [-0.39, 0.29) is 18.6 Å². The fourth-order valence-corrected chi connectivity index (χ4v) is 4.01. The molecule has 0 bridgehead atoms. The van der Waals surface area contributed by atoms with Crippen molar-refractivity contribution in [1.29, 1.82) is 0 Å². The van der Waals surface area contributed by atoms with Crippen molar-refractivity contribution in [1.82, 2.24) is 14.3 Å². The number of carbonyl (C=O) groups is 1. The lowest BCUT2D eigenvalue weighted by atomic mass is 10.2. The number of nitrogens with one attached hydrogen (secondary N) is 1. The maximum atomic E-state index is 11.8. The van der Waals surface area contributed by atoms with Crippen molar-refractivity contribution in [2.45, 2.75) is 37.9 Å². The van der Waals surface area contributed by atoms with Gasteiger partial charge in [-0.1, -0.05) is 18.2 Å². The summed E-state index contributed by atoms with van der Waals surface area (Å²) in [6.45, 7) is 4.99. The van der Waals surface area contributed by atoms with Gasteiger partial charge in [0.2, 0.25) is 0 Å². The van der Waals surface area contributed by atoms with Gasteiger partial charge in [0.05, 0.1) is 24.0 Å². The lowest BCUT2D eigenvalue weighted by Crippen LogP contribution is -2.21. The van der Waals surface area contributed by atoms with Crippen LogP contribution in [0.2, 0.25) is 0 Å². The Kier molecular flexibility index (Phi) is 10.3. The summed E-state index contributed by atoms with van der Waals surface area (Å²) in [7, 11) is 0. The summed E-state index contributed by atoms with van der Waals surface area (Å²) in [6, 6.07) is 17.7. The highest BCUT2D eigenvalue weighted by Crippen LogP contribution is 2.26. The predicted octanol–water partition coefficient (Wildman–Crippen LogP) is 4.72. The van der Waals surface area contributed by atoms with E-state index in [0.717, 1.165) is 21.8 Å². The van der Waals surface area contributed by atoms with Crippen LogP contribution in [0.25, 0.3) is 0 Å². The second-order valence-electron chi connectivity index (χ2n) is 7.81. The summed E-state index contributed by atoms with van der Waals surface area (Å²) in [5, 5.41) is 3.04. The zero-order valence-corrected chi connectivity index (χ0v) is 20.7. The Bertz CT molecular complexity index is 1120. The third-order valence-corrected chi connectivity index (χ3v) is 5.48. The van der Waals surface area contributed by atoms with Gasteiger partial charge in [-0.2, -0.15) is 0 Å². The minimum absolute atomic E-state index is 0.0681. The van der Waals surface area contributed by atoms with Crippen LogP contribution in [0.15, 0.2) is 89.2 Å². The molecule has 0 saturated carbocycles. The van der Waals surface area contributed by atoms with E-state index in [1.807, 2.05) is 62.5 Å². The van der Waals surface area contributed by atoms with Crippen LogP contribution in [0, 0.1) is 0 Å². The molecule has 0 radical (unpaired) electrons. The van der Waals surface area contributed by atoms with E-state index in [4.69, 9.17) is 10.5 Å². The highest BCUT2D eigenvalue weighted by Gasteiger charge is 2.12. The number of ether oxygens (including phenoxy) is 1. The molecule has 0 aliphatic heterocycles. The molecule has 3 rings (SSSR count). The molecule has 35 heavy (non-hydrogen) atoms. The number of aliphatic imine (C=N–C) groups is 1. The average Bonchev–Trinajstić information content (AvgIpc) is 2.84. The second-order valence-corrected chi connectivity index (χ2v) is 8.98. The number of carbonyl (C=O) groups excluding carboxylic acids is 1. The number of pyridine rings is 2. The number of hydrogen-bond donors (Lipinski definition) is 2. The van der Waals surface area contributed by atoms with E-state index >= 15 is 0 Å². The first-order valence-electron chi connectivity index (χ1n) is 11.2. The average molecular weight is 491 g/mol. The number of esters is 1. The number of hydrogen-bond acceptors (Lipinski definition) is 9. The zero-order valence-electron chi connectivity index (χ0n) is 19.9. The van der Waals surface area contributed by atoms with Crippen LogP contribution in [0.1, 0.15) is 25.1 Å². The van der Waals surface area contributed by atoms with Gasteiger partial charge in [0.15, 0.2) is 0 Å². The van der Waals surface area contributed by atoms with Gasteiger partial charge in [0.1, 0.15) is 12.4 Å². The lowest BCUT2D eigenvalue weighted by Gasteiger charge is -2.21. The molecule has 0 atom stereocenters. The SMILES string of the molecule is CC(C)OC(=O)CNc1cccc(CN(Cc2ccc(N=CC=CN)cc2)Sc2cccnc2)n1. The van der Waals surface area contributed by atoms with Gasteiger partial charge in [-0.3, -0.25) is 14.8 Å². The fraction of sp³-hybridized carbons (Fsp3) is 0.231. The number of allylic oxidation sites excluding steroid dienone is 1. The molecule has 3 aromatic rings. The maximum Gasteiger partial charge on any atom is 0.325 e. The minimum Gasteiger partial charge on any atom is -0.462 e. The smallest absolute Gasteiger partial charge is 0.325 e. The highest BCUT2D eigenvalue weighted by molar-refractivity contribution is 7.97. The summed E-state index contributed by atoms with van der Waals surface area (Å²) < 4.78 is 7.38. The normalized spacial score (nSPS) is 11.5. The van der Waals surface area contributed by atoms with E-state index < -0.39 is 0 Å². The number of benzene rings is 1. The second kappa shape index (κ2) is 13.9. The zero-order chi connectivity index (χ0) is 24.9. The molecule has 2 heterocycles. The van der Waals surface area contributed by atoms with Crippen LogP contribution in [0.5, 0.6) is 0 Å². The van der Waals surface area contributed by atoms with Gasteiger partial charge in [-0.25, -0.2) is 9.29 Å². The summed E-state index contributed by atoms with van der Waals surface area (Å²) in [6.07, 6.45) is 8.24. The Morgan fingerprint density at radius 1 is 1.17 bits per heavy atom. The highest BCUT2D eigenvalue weighted by atomic mass is 32.2. The molecule has 3 N–H and O–H groups in total. The van der Waals surface area contributed by atoms with Crippen molar-refractivity contribution in [3.05, 3.63) is 90.5 Å². The van der Waals surface area contributed by atoms with Crippen molar-refractivity contribution < 1.29 is 9.53 Å². The van der Waals surface area contributed by atoms with Gasteiger partial charge in [-0.15, -0.1) is 0 Å². The van der Waals surface area contributed by atoms with Crippen molar-refractivity contribution in [3.8, 4) is 0 Å². The van der Waals surface area contributed by atoms with Crippen LogP contribution < -0.4 is 11.1 Å². The van der Waals surface area contributed by atoms with Crippen LogP contribution in [0.3, 0.4) is 0 Å². The molecule has 9 heteroatoms. The molecular formula is C26H30N6O2S. The molecule has 0 spiro atoms. The molecule has 0 aliphatic rings. The molecule has 0 aliphatic carbocycles. The monoisotopic (exact) mass is 490 g/mol. The number of rotatable bonds is 12. The van der Waals surface area contributed by atoms with Crippen molar-refractivity contribution in [2.75, 3.05) is 11.9 Å². The predicted molar refractivity (Wildman–Crippen MR) is 141 cm³/mol. The van der Waals surface area contributed by atoms with Crippen LogP contribution in [0.4, 0.5) is 11.5 Å². The van der Waals surface area contributed by atoms with E-state index in [1.54, 1.807) is 30.4 Å². The summed E-state index contributed by atoms with van der Waals surface area (Å²) in [4.78, 5) is 26.1. The van der Waals surface area contributed by atoms with E-state index in [9.17, 15) is 4.79 Å². The summed E-state index contributed by atoms with van der Waals surface area (Å²) in [5.74, 6) is 0.316.